The third-order valence-corrected chi connectivity index (χ3v) is 4.13. The number of rotatable bonds is 2. The molecule has 1 aliphatic heterocycles. The van der Waals surface area contributed by atoms with Gasteiger partial charge in [0.25, 0.3) is 0 Å². The van der Waals surface area contributed by atoms with E-state index in [1.807, 2.05) is 0 Å². The fraction of sp³-hybridized carbons (Fsp3) is 0.538. The second-order valence-electron chi connectivity index (χ2n) is 3.98. The molecule has 1 aliphatic rings. The normalized spacial score (nSPS) is 18.4. The van der Waals surface area contributed by atoms with Gasteiger partial charge in [0.2, 0.25) is 0 Å². The first-order valence-corrected chi connectivity index (χ1v) is 6.72. The second kappa shape index (κ2) is 4.88. The average Bonchev–Trinajstić information content (AvgIpc) is 2.30. The number of thioether (sulfide) groups is 1. The van der Waals surface area contributed by atoms with Crippen LogP contribution in [0.5, 0.6) is 0 Å². The monoisotopic (exact) mass is 206 g/mol. The highest BCUT2D eigenvalue weighted by molar-refractivity contribution is 7.99. The van der Waals surface area contributed by atoms with Gasteiger partial charge in [0.15, 0.2) is 0 Å². The topological polar surface area (TPSA) is 0 Å². The van der Waals surface area contributed by atoms with Crippen LogP contribution in [0.4, 0.5) is 0 Å². The van der Waals surface area contributed by atoms with Crippen molar-refractivity contribution in [1.29, 1.82) is 0 Å². The number of hydrogen-bond donors (Lipinski definition) is 0. The van der Waals surface area contributed by atoms with Crippen LogP contribution in [0.2, 0.25) is 0 Å². The van der Waals surface area contributed by atoms with Crippen molar-refractivity contribution in [2.75, 3.05) is 11.5 Å². The van der Waals surface area contributed by atoms with Crippen molar-refractivity contribution >= 4 is 11.8 Å². The van der Waals surface area contributed by atoms with Gasteiger partial charge in [0.1, 0.15) is 0 Å². The molecule has 14 heavy (non-hydrogen) atoms. The Bertz CT molecular complexity index is 270. The molecule has 0 saturated carbocycles. The maximum absolute atomic E-state index is 2.33. The van der Waals surface area contributed by atoms with Crippen molar-refractivity contribution in [3.8, 4) is 0 Å². The molecule has 0 bridgehead atoms. The van der Waals surface area contributed by atoms with Crippen LogP contribution in [-0.2, 0) is 6.42 Å². The van der Waals surface area contributed by atoms with E-state index in [1.165, 1.54) is 29.9 Å². The lowest BCUT2D eigenvalue weighted by molar-refractivity contribution is 0.637. The summed E-state index contributed by atoms with van der Waals surface area (Å²) in [5.41, 5.74) is 3.02. The fourth-order valence-electron chi connectivity index (χ4n) is 2.06. The molecule has 0 nitrogen and oxygen atoms in total. The summed E-state index contributed by atoms with van der Waals surface area (Å²) in [6, 6.07) is 9.24. The molecule has 0 radical (unpaired) electrons. The molecule has 0 aliphatic carbocycles. The molecule has 2 rings (SSSR count). The highest BCUT2D eigenvalue weighted by Gasteiger charge is 2.14. The maximum atomic E-state index is 2.33. The summed E-state index contributed by atoms with van der Waals surface area (Å²) >= 11 is 2.10. The van der Waals surface area contributed by atoms with Crippen LogP contribution in [0, 0.1) is 0 Å². The van der Waals surface area contributed by atoms with Crippen LogP contribution in [0.15, 0.2) is 24.3 Å². The number of aryl methyl sites for hydroxylation is 1. The summed E-state index contributed by atoms with van der Waals surface area (Å²) in [7, 11) is 0. The zero-order valence-electron chi connectivity index (χ0n) is 8.83. The van der Waals surface area contributed by atoms with Gasteiger partial charge in [-0.05, 0) is 47.8 Å². The quantitative estimate of drug-likeness (QED) is 0.708. The van der Waals surface area contributed by atoms with Crippen LogP contribution < -0.4 is 0 Å². The molecule has 76 valence electrons. The molecule has 1 aromatic rings. The van der Waals surface area contributed by atoms with Crippen molar-refractivity contribution in [2.45, 2.75) is 32.1 Å². The fourth-order valence-corrected chi connectivity index (χ4v) is 3.16. The highest BCUT2D eigenvalue weighted by atomic mass is 32.2. The van der Waals surface area contributed by atoms with E-state index in [2.05, 4.69) is 43.0 Å². The van der Waals surface area contributed by atoms with Crippen molar-refractivity contribution < 1.29 is 0 Å². The summed E-state index contributed by atoms with van der Waals surface area (Å²) in [5, 5.41) is 0. The Labute approximate surface area is 91.1 Å². The van der Waals surface area contributed by atoms with Crippen molar-refractivity contribution in [2.24, 2.45) is 0 Å². The molecule has 0 amide bonds. The lowest BCUT2D eigenvalue weighted by Crippen LogP contribution is -2.07. The third kappa shape index (κ3) is 2.33. The molecular weight excluding hydrogens is 188 g/mol. The largest absolute Gasteiger partial charge is 0.162 e. The van der Waals surface area contributed by atoms with Gasteiger partial charge in [0, 0.05) is 0 Å². The van der Waals surface area contributed by atoms with E-state index in [0.717, 1.165) is 12.3 Å². The Hall–Kier alpha value is -0.430. The lowest BCUT2D eigenvalue weighted by atomic mass is 9.93. The molecule has 1 heterocycles. The van der Waals surface area contributed by atoms with Gasteiger partial charge < -0.3 is 0 Å². The van der Waals surface area contributed by atoms with E-state index < -0.39 is 0 Å². The molecule has 0 spiro atoms. The Kier molecular flexibility index (Phi) is 3.52. The predicted molar refractivity (Wildman–Crippen MR) is 65.1 cm³/mol. The maximum Gasteiger partial charge on any atom is -0.00617 e. The van der Waals surface area contributed by atoms with E-state index in [1.54, 1.807) is 5.56 Å². The van der Waals surface area contributed by atoms with Crippen molar-refractivity contribution in [3.63, 3.8) is 0 Å². The zero-order valence-corrected chi connectivity index (χ0v) is 9.65. The van der Waals surface area contributed by atoms with Crippen LogP contribution in [0.25, 0.3) is 0 Å². The van der Waals surface area contributed by atoms with Gasteiger partial charge >= 0.3 is 0 Å². The summed E-state index contributed by atoms with van der Waals surface area (Å²) in [5.74, 6) is 3.53. The van der Waals surface area contributed by atoms with E-state index in [4.69, 9.17) is 0 Å². The minimum Gasteiger partial charge on any atom is -0.162 e. The molecule has 0 aromatic heterocycles. The Morgan fingerprint density at radius 2 is 1.79 bits per heavy atom. The van der Waals surface area contributed by atoms with Gasteiger partial charge in [-0.25, -0.2) is 0 Å². The van der Waals surface area contributed by atoms with Gasteiger partial charge in [0.05, 0.1) is 0 Å². The minimum absolute atomic E-state index is 0.835. The molecule has 0 N–H and O–H groups in total. The standard InChI is InChI=1S/C13H18S/c1-2-11-3-5-12(6-4-11)13-7-9-14-10-8-13/h3-6,13H,2,7-10H2,1H3. The number of benzene rings is 1. The van der Waals surface area contributed by atoms with Crippen molar-refractivity contribution in [3.05, 3.63) is 35.4 Å². The molecular formula is C13H18S. The molecule has 1 heteroatoms. The van der Waals surface area contributed by atoms with Gasteiger partial charge in [-0.2, -0.15) is 11.8 Å². The second-order valence-corrected chi connectivity index (χ2v) is 5.21. The predicted octanol–water partition coefficient (Wildman–Crippen LogP) is 3.86. The first-order valence-electron chi connectivity index (χ1n) is 5.56. The van der Waals surface area contributed by atoms with E-state index in [-0.39, 0.29) is 0 Å². The first-order chi connectivity index (χ1) is 6.90. The summed E-state index contributed by atoms with van der Waals surface area (Å²) in [6.45, 7) is 2.21. The van der Waals surface area contributed by atoms with Crippen LogP contribution >= 0.6 is 11.8 Å². The van der Waals surface area contributed by atoms with Crippen LogP contribution in [0.3, 0.4) is 0 Å². The third-order valence-electron chi connectivity index (χ3n) is 3.08. The highest BCUT2D eigenvalue weighted by Crippen LogP contribution is 2.31. The van der Waals surface area contributed by atoms with Gasteiger partial charge in [-0.15, -0.1) is 0 Å². The lowest BCUT2D eigenvalue weighted by Gasteiger charge is -2.21. The van der Waals surface area contributed by atoms with Gasteiger partial charge in [-0.3, -0.25) is 0 Å². The Balaban J connectivity index is 2.07. The molecule has 1 saturated heterocycles. The van der Waals surface area contributed by atoms with E-state index in [9.17, 15) is 0 Å². The van der Waals surface area contributed by atoms with Crippen molar-refractivity contribution in [1.82, 2.24) is 0 Å². The first kappa shape index (κ1) is 10.1. The van der Waals surface area contributed by atoms with E-state index in [0.29, 0.717) is 0 Å². The summed E-state index contributed by atoms with van der Waals surface area (Å²) < 4.78 is 0. The Morgan fingerprint density at radius 3 is 2.36 bits per heavy atom. The number of hydrogen-bond acceptors (Lipinski definition) is 1. The van der Waals surface area contributed by atoms with E-state index >= 15 is 0 Å². The molecule has 1 aromatic carbocycles. The SMILES string of the molecule is CCc1ccc(C2CCSCC2)cc1. The van der Waals surface area contributed by atoms with Crippen LogP contribution in [-0.4, -0.2) is 11.5 Å². The zero-order chi connectivity index (χ0) is 9.80. The van der Waals surface area contributed by atoms with Gasteiger partial charge in [-0.1, -0.05) is 31.2 Å². The average molecular weight is 206 g/mol. The molecule has 0 unspecified atom stereocenters. The smallest absolute Gasteiger partial charge is 0.00617 e. The molecule has 1 fully saturated rings. The molecule has 0 atom stereocenters. The summed E-state index contributed by atoms with van der Waals surface area (Å²) in [4.78, 5) is 0. The summed E-state index contributed by atoms with van der Waals surface area (Å²) in [6.07, 6.45) is 3.90. The minimum atomic E-state index is 0.835. The van der Waals surface area contributed by atoms with Crippen LogP contribution in [0.1, 0.15) is 36.8 Å². The Morgan fingerprint density at radius 1 is 1.14 bits per heavy atom.